The second-order valence-electron chi connectivity index (χ2n) is 2.92. The quantitative estimate of drug-likeness (QED) is 0.764. The van der Waals surface area contributed by atoms with E-state index in [0.29, 0.717) is 6.54 Å². The number of rotatable bonds is 6. The van der Waals surface area contributed by atoms with Crippen molar-refractivity contribution in [1.82, 2.24) is 5.32 Å². The Morgan fingerprint density at radius 2 is 1.93 bits per heavy atom. The largest absolute Gasteiger partial charge is 0.390 e. The van der Waals surface area contributed by atoms with Crippen LogP contribution in [0.3, 0.4) is 0 Å². The van der Waals surface area contributed by atoms with E-state index in [-0.39, 0.29) is 18.1 Å². The van der Waals surface area contributed by atoms with Gasteiger partial charge in [-0.15, -0.1) is 0 Å². The van der Waals surface area contributed by atoms with E-state index in [0.717, 1.165) is 0 Å². The molecule has 1 N–H and O–H groups in total. The number of carbonyl (C=O) groups excluding carboxylic acids is 1. The third-order valence-corrected chi connectivity index (χ3v) is 2.86. The Balaban J connectivity index is 3.62. The van der Waals surface area contributed by atoms with Gasteiger partial charge in [-0.25, -0.2) is 0 Å². The van der Waals surface area contributed by atoms with Crippen molar-refractivity contribution in [2.45, 2.75) is 25.9 Å². The molecule has 0 aromatic rings. The van der Waals surface area contributed by atoms with Crippen molar-refractivity contribution < 1.29 is 22.2 Å². The third kappa shape index (κ3) is 9.71. The van der Waals surface area contributed by atoms with Gasteiger partial charge in [-0.1, -0.05) is 0 Å². The highest BCUT2D eigenvalue weighted by molar-refractivity contribution is 7.84. The lowest BCUT2D eigenvalue weighted by Gasteiger charge is -2.05. The number of amides is 1. The van der Waals surface area contributed by atoms with Crippen LogP contribution in [0.1, 0.15) is 19.8 Å². The van der Waals surface area contributed by atoms with Crippen LogP contribution in [0.25, 0.3) is 0 Å². The zero-order valence-electron chi connectivity index (χ0n) is 8.39. The molecule has 90 valence electrons. The van der Waals surface area contributed by atoms with Gasteiger partial charge in [0.2, 0.25) is 5.91 Å². The monoisotopic (exact) mass is 245 g/mol. The Hall–Kier alpha value is -0.590. The first kappa shape index (κ1) is 14.4. The van der Waals surface area contributed by atoms with E-state index in [4.69, 9.17) is 0 Å². The molecule has 0 spiro atoms. The van der Waals surface area contributed by atoms with Crippen LogP contribution in [0.2, 0.25) is 0 Å². The predicted octanol–water partition coefficient (Wildman–Crippen LogP) is 1.21. The van der Waals surface area contributed by atoms with Gasteiger partial charge in [0.15, 0.2) is 0 Å². The molecule has 0 aromatic carbocycles. The van der Waals surface area contributed by atoms with Gasteiger partial charge < -0.3 is 5.32 Å². The summed E-state index contributed by atoms with van der Waals surface area (Å²) in [7, 11) is -1.57. The Morgan fingerprint density at radius 3 is 2.40 bits per heavy atom. The summed E-state index contributed by atoms with van der Waals surface area (Å²) in [5, 5.41) is 2.48. The Morgan fingerprint density at radius 1 is 1.33 bits per heavy atom. The molecule has 3 nitrogen and oxygen atoms in total. The molecule has 0 aliphatic carbocycles. The van der Waals surface area contributed by atoms with Gasteiger partial charge in [-0.05, 0) is 6.92 Å². The number of hydrogen-bond acceptors (Lipinski definition) is 2. The molecule has 0 heterocycles. The van der Waals surface area contributed by atoms with Gasteiger partial charge in [-0.2, -0.15) is 13.2 Å². The molecule has 1 atom stereocenters. The van der Waals surface area contributed by atoms with E-state index in [1.54, 1.807) is 6.92 Å². The van der Waals surface area contributed by atoms with E-state index >= 15 is 0 Å². The summed E-state index contributed by atoms with van der Waals surface area (Å²) >= 11 is 0. The fraction of sp³-hybridized carbons (Fsp3) is 0.875. The minimum Gasteiger partial charge on any atom is -0.356 e. The molecule has 0 saturated heterocycles. The van der Waals surface area contributed by atoms with Crippen LogP contribution >= 0.6 is 0 Å². The molecule has 0 rings (SSSR count). The van der Waals surface area contributed by atoms with E-state index in [1.165, 1.54) is 0 Å². The highest BCUT2D eigenvalue weighted by atomic mass is 32.2. The maximum atomic E-state index is 11.7. The van der Waals surface area contributed by atoms with Crippen LogP contribution in [-0.2, 0) is 15.6 Å². The normalized spacial score (nSPS) is 13.6. The van der Waals surface area contributed by atoms with Crippen molar-refractivity contribution in [3.05, 3.63) is 0 Å². The highest BCUT2D eigenvalue weighted by Crippen LogP contribution is 2.19. The number of halogens is 3. The van der Waals surface area contributed by atoms with Crippen LogP contribution in [0, 0.1) is 0 Å². The molecule has 0 aliphatic heterocycles. The smallest absolute Gasteiger partial charge is 0.356 e. The molecule has 0 radical (unpaired) electrons. The van der Waals surface area contributed by atoms with Gasteiger partial charge in [0, 0.05) is 35.3 Å². The second-order valence-corrected chi connectivity index (χ2v) is 4.61. The molecular formula is C8H14F3NO2S. The molecule has 0 aliphatic rings. The molecule has 0 saturated carbocycles. The van der Waals surface area contributed by atoms with Crippen molar-refractivity contribution in [3.8, 4) is 0 Å². The van der Waals surface area contributed by atoms with Crippen LogP contribution < -0.4 is 5.32 Å². The van der Waals surface area contributed by atoms with Crippen molar-refractivity contribution in [3.63, 3.8) is 0 Å². The molecule has 0 aromatic heterocycles. The van der Waals surface area contributed by atoms with Gasteiger partial charge >= 0.3 is 6.18 Å². The topological polar surface area (TPSA) is 46.2 Å². The molecule has 0 bridgehead atoms. The SMILES string of the molecule is CCNC(=O)CCS(=O)CCC(F)(F)F. The van der Waals surface area contributed by atoms with Gasteiger partial charge in [0.1, 0.15) is 0 Å². The summed E-state index contributed by atoms with van der Waals surface area (Å²) in [6, 6.07) is 0. The van der Waals surface area contributed by atoms with Gasteiger partial charge in [0.25, 0.3) is 0 Å². The second kappa shape index (κ2) is 6.81. The minimum absolute atomic E-state index is 0.0120. The van der Waals surface area contributed by atoms with Gasteiger partial charge in [-0.3, -0.25) is 9.00 Å². The molecule has 0 fully saturated rings. The number of hydrogen-bond donors (Lipinski definition) is 1. The lowest BCUT2D eigenvalue weighted by Crippen LogP contribution is -2.24. The zero-order chi connectivity index (χ0) is 11.9. The van der Waals surface area contributed by atoms with E-state index in [2.05, 4.69) is 5.32 Å². The molecular weight excluding hydrogens is 231 g/mol. The summed E-state index contributed by atoms with van der Waals surface area (Å²) in [6.07, 6.45) is -5.32. The molecule has 1 amide bonds. The van der Waals surface area contributed by atoms with E-state index in [1.807, 2.05) is 0 Å². The van der Waals surface area contributed by atoms with E-state index in [9.17, 15) is 22.2 Å². The lowest BCUT2D eigenvalue weighted by molar-refractivity contribution is -0.129. The van der Waals surface area contributed by atoms with Crippen molar-refractivity contribution in [1.29, 1.82) is 0 Å². The van der Waals surface area contributed by atoms with Crippen molar-refractivity contribution >= 4 is 16.7 Å². The minimum atomic E-state index is -4.28. The number of alkyl halides is 3. The predicted molar refractivity (Wildman–Crippen MR) is 51.8 cm³/mol. The van der Waals surface area contributed by atoms with Crippen LogP contribution in [-0.4, -0.2) is 34.3 Å². The Bertz CT molecular complexity index is 230. The van der Waals surface area contributed by atoms with Crippen molar-refractivity contribution in [2.75, 3.05) is 18.1 Å². The van der Waals surface area contributed by atoms with Gasteiger partial charge in [0.05, 0.1) is 6.42 Å². The first-order valence-electron chi connectivity index (χ1n) is 4.53. The first-order valence-corrected chi connectivity index (χ1v) is 6.02. The summed E-state index contributed by atoms with van der Waals surface area (Å²) in [5.74, 6) is -0.719. The van der Waals surface area contributed by atoms with Crippen LogP contribution in [0.15, 0.2) is 0 Å². The maximum Gasteiger partial charge on any atom is 0.390 e. The number of nitrogens with one attached hydrogen (secondary N) is 1. The summed E-state index contributed by atoms with van der Waals surface area (Å²) in [4.78, 5) is 10.9. The summed E-state index contributed by atoms with van der Waals surface area (Å²) in [5.41, 5.74) is 0. The van der Waals surface area contributed by atoms with Crippen LogP contribution in [0.5, 0.6) is 0 Å². The fourth-order valence-electron chi connectivity index (χ4n) is 0.824. The maximum absolute atomic E-state index is 11.7. The van der Waals surface area contributed by atoms with E-state index < -0.39 is 29.1 Å². The molecule has 1 unspecified atom stereocenters. The Labute approximate surface area is 88.9 Å². The van der Waals surface area contributed by atoms with Crippen molar-refractivity contribution in [2.24, 2.45) is 0 Å². The zero-order valence-corrected chi connectivity index (χ0v) is 9.21. The third-order valence-electron chi connectivity index (χ3n) is 1.54. The summed E-state index contributed by atoms with van der Waals surface area (Å²) < 4.78 is 46.2. The fourth-order valence-corrected chi connectivity index (χ4v) is 1.90. The summed E-state index contributed by atoms with van der Waals surface area (Å²) in [6.45, 7) is 2.20. The van der Waals surface area contributed by atoms with Crippen LogP contribution in [0.4, 0.5) is 13.2 Å². The molecule has 15 heavy (non-hydrogen) atoms. The lowest BCUT2D eigenvalue weighted by atomic mass is 10.4. The number of carbonyl (C=O) groups is 1. The standard InChI is InChI=1S/C8H14F3NO2S/c1-2-12-7(13)3-5-15(14)6-4-8(9,10)11/h2-6H2,1H3,(H,12,13). The average molecular weight is 245 g/mol. The molecule has 7 heteroatoms. The average Bonchev–Trinajstić information content (AvgIpc) is 2.11. The first-order chi connectivity index (χ1) is 6.85. The highest BCUT2D eigenvalue weighted by Gasteiger charge is 2.27. The Kier molecular flexibility index (Phi) is 6.55.